The highest BCUT2D eigenvalue weighted by Crippen LogP contribution is 2.57. The van der Waals surface area contributed by atoms with Crippen LogP contribution in [-0.4, -0.2) is 76.9 Å². The van der Waals surface area contributed by atoms with Gasteiger partial charge in [0.25, 0.3) is 5.91 Å². The number of nitrogens with one attached hydrogen (secondary N) is 3. The highest BCUT2D eigenvalue weighted by molar-refractivity contribution is 6.07. The normalized spacial score (nSPS) is 20.9. The van der Waals surface area contributed by atoms with Gasteiger partial charge in [0.15, 0.2) is 0 Å². The van der Waals surface area contributed by atoms with E-state index in [4.69, 9.17) is 10.1 Å². The minimum absolute atomic E-state index is 0.0170. The second kappa shape index (κ2) is 10.2. The van der Waals surface area contributed by atoms with E-state index in [-0.39, 0.29) is 23.8 Å². The number of halogens is 3. The number of hydrogen-bond acceptors (Lipinski definition) is 7. The number of hydrogen-bond donors (Lipinski definition) is 4. The Morgan fingerprint density at radius 2 is 1.92 bits per heavy atom. The van der Waals surface area contributed by atoms with Crippen molar-refractivity contribution in [1.82, 2.24) is 20.5 Å². The van der Waals surface area contributed by atoms with Gasteiger partial charge < -0.3 is 20.5 Å². The van der Waals surface area contributed by atoms with Gasteiger partial charge in [0.2, 0.25) is 0 Å². The first kappa shape index (κ1) is 26.7. The number of carbonyl (C=O) groups is 2. The van der Waals surface area contributed by atoms with Crippen molar-refractivity contribution >= 4 is 17.6 Å². The molecule has 1 aromatic heterocycles. The number of rotatable bonds is 7. The lowest BCUT2D eigenvalue weighted by molar-refractivity contribution is -0.175. The van der Waals surface area contributed by atoms with E-state index in [1.807, 2.05) is 35.2 Å². The molecule has 2 aromatic rings. The second-order valence-corrected chi connectivity index (χ2v) is 9.36. The molecule has 2 aliphatic rings. The molecule has 2 fully saturated rings. The Kier molecular flexibility index (Phi) is 7.36. The third-order valence-corrected chi connectivity index (χ3v) is 7.05. The third-order valence-electron chi connectivity index (χ3n) is 7.05. The van der Waals surface area contributed by atoms with Gasteiger partial charge in [-0.3, -0.25) is 24.9 Å². The van der Waals surface area contributed by atoms with Crippen LogP contribution in [0.1, 0.15) is 41.4 Å². The predicted molar refractivity (Wildman–Crippen MR) is 127 cm³/mol. The molecule has 198 valence electrons. The fourth-order valence-corrected chi connectivity index (χ4v) is 4.82. The number of pyridine rings is 1. The van der Waals surface area contributed by atoms with Gasteiger partial charge >= 0.3 is 12.1 Å². The summed E-state index contributed by atoms with van der Waals surface area (Å²) >= 11 is 0. The number of alkyl halides is 3. The number of nitrogens with zero attached hydrogens (tertiary/aromatic N) is 2. The molecule has 2 amide bonds. The number of amidine groups is 1. The average molecular weight is 520 g/mol. The van der Waals surface area contributed by atoms with E-state index in [1.165, 1.54) is 17.4 Å². The van der Waals surface area contributed by atoms with Crippen LogP contribution >= 0.6 is 0 Å². The van der Waals surface area contributed by atoms with Gasteiger partial charge in [-0.15, -0.1) is 0 Å². The summed E-state index contributed by atoms with van der Waals surface area (Å²) in [7, 11) is 0. The van der Waals surface area contributed by atoms with Crippen LogP contribution in [0.4, 0.5) is 13.2 Å². The zero-order valence-electron chi connectivity index (χ0n) is 20.1. The van der Waals surface area contributed by atoms with Gasteiger partial charge in [0, 0.05) is 30.3 Å². The van der Waals surface area contributed by atoms with Crippen LogP contribution in [-0.2, 0) is 14.9 Å². The molecule has 1 saturated carbocycles. The van der Waals surface area contributed by atoms with Crippen LogP contribution in [0.15, 0.2) is 48.7 Å². The summed E-state index contributed by atoms with van der Waals surface area (Å²) in [6.45, 7) is 3.22. The van der Waals surface area contributed by atoms with Crippen molar-refractivity contribution in [2.24, 2.45) is 0 Å². The lowest BCUT2D eigenvalue weighted by Gasteiger charge is -2.49. The molecular formula is C25H28F3N5O4. The van der Waals surface area contributed by atoms with Crippen LogP contribution in [0.5, 0.6) is 0 Å². The van der Waals surface area contributed by atoms with Crippen LogP contribution < -0.4 is 10.6 Å². The van der Waals surface area contributed by atoms with Gasteiger partial charge in [-0.2, -0.15) is 13.2 Å². The molecule has 1 aliphatic heterocycles. The Labute approximate surface area is 211 Å². The lowest BCUT2D eigenvalue weighted by atomic mass is 9.83. The smallest absolute Gasteiger partial charge is 0.378 e. The molecule has 2 atom stereocenters. The van der Waals surface area contributed by atoms with E-state index in [0.29, 0.717) is 19.8 Å². The number of carbonyl (C=O) groups excluding carboxylic acids is 2. The Morgan fingerprint density at radius 3 is 2.51 bits per heavy atom. The summed E-state index contributed by atoms with van der Waals surface area (Å²) < 4.78 is 42.8. The average Bonchev–Trinajstić information content (AvgIpc) is 3.70. The maximum atomic E-state index is 12.7. The first-order chi connectivity index (χ1) is 17.5. The Bertz CT molecular complexity index is 1150. The molecule has 12 heteroatoms. The molecule has 37 heavy (non-hydrogen) atoms. The predicted octanol–water partition coefficient (Wildman–Crippen LogP) is 1.96. The second-order valence-electron chi connectivity index (χ2n) is 9.36. The van der Waals surface area contributed by atoms with Crippen molar-refractivity contribution in [3.05, 3.63) is 65.5 Å². The monoisotopic (exact) mass is 519 g/mol. The zero-order chi connectivity index (χ0) is 26.8. The van der Waals surface area contributed by atoms with Gasteiger partial charge in [0.1, 0.15) is 17.3 Å². The van der Waals surface area contributed by atoms with Crippen molar-refractivity contribution < 1.29 is 32.6 Å². The molecule has 0 spiro atoms. The summed E-state index contributed by atoms with van der Waals surface area (Å²) in [4.78, 5) is 29.6. The molecular weight excluding hydrogens is 491 g/mol. The number of benzene rings is 1. The van der Waals surface area contributed by atoms with E-state index in [9.17, 15) is 27.9 Å². The highest BCUT2D eigenvalue weighted by Gasteiger charge is 2.61. The maximum Gasteiger partial charge on any atom is 0.471 e. The maximum absolute atomic E-state index is 12.7. The zero-order valence-corrected chi connectivity index (χ0v) is 20.1. The molecule has 0 radical (unpaired) electrons. The van der Waals surface area contributed by atoms with Crippen molar-refractivity contribution in [3.63, 3.8) is 0 Å². The van der Waals surface area contributed by atoms with Gasteiger partial charge in [-0.1, -0.05) is 30.3 Å². The molecule has 4 rings (SSSR count). The topological polar surface area (TPSA) is 128 Å². The van der Waals surface area contributed by atoms with Crippen LogP contribution in [0.2, 0.25) is 0 Å². The molecule has 9 nitrogen and oxygen atoms in total. The van der Waals surface area contributed by atoms with Gasteiger partial charge in [0.05, 0.1) is 19.3 Å². The summed E-state index contributed by atoms with van der Waals surface area (Å²) in [5, 5.41) is 23.6. The van der Waals surface area contributed by atoms with Crippen molar-refractivity contribution in [2.75, 3.05) is 26.3 Å². The first-order valence-corrected chi connectivity index (χ1v) is 11.8. The summed E-state index contributed by atoms with van der Waals surface area (Å²) in [6.07, 6.45) is -2.41. The number of amides is 2. The molecule has 1 aromatic carbocycles. The Morgan fingerprint density at radius 1 is 1.22 bits per heavy atom. The van der Waals surface area contributed by atoms with E-state index >= 15 is 0 Å². The van der Waals surface area contributed by atoms with E-state index in [0.717, 1.165) is 24.6 Å². The van der Waals surface area contributed by atoms with E-state index < -0.39 is 35.0 Å². The first-order valence-electron chi connectivity index (χ1n) is 11.8. The number of morpholine rings is 1. The van der Waals surface area contributed by atoms with Crippen LogP contribution in [0, 0.1) is 5.41 Å². The summed E-state index contributed by atoms with van der Waals surface area (Å²) in [5.74, 6) is -3.59. The highest BCUT2D eigenvalue weighted by atomic mass is 19.4. The molecule has 2 unspecified atom stereocenters. The van der Waals surface area contributed by atoms with Crippen LogP contribution in [0.25, 0.3) is 0 Å². The van der Waals surface area contributed by atoms with Gasteiger partial charge in [-0.25, -0.2) is 0 Å². The number of ether oxygens (including phenoxy) is 1. The summed E-state index contributed by atoms with van der Waals surface area (Å²) in [6, 6.07) is 12.0. The molecule has 1 aliphatic carbocycles. The minimum atomic E-state index is -5.12. The lowest BCUT2D eigenvalue weighted by Crippen LogP contribution is -2.64. The summed E-state index contributed by atoms with van der Waals surface area (Å²) in [5.41, 5.74) is -0.619. The molecule has 2 heterocycles. The fraction of sp³-hybridized carbons (Fsp3) is 0.440. The van der Waals surface area contributed by atoms with Crippen molar-refractivity contribution in [3.8, 4) is 0 Å². The quantitative estimate of drug-likeness (QED) is 0.327. The van der Waals surface area contributed by atoms with Crippen molar-refractivity contribution in [2.45, 2.75) is 43.1 Å². The van der Waals surface area contributed by atoms with Gasteiger partial charge in [-0.05, 0) is 37.5 Å². The number of aromatic nitrogens is 1. The largest absolute Gasteiger partial charge is 0.471 e. The van der Waals surface area contributed by atoms with Crippen molar-refractivity contribution in [1.29, 1.82) is 5.41 Å². The van der Waals surface area contributed by atoms with E-state index in [2.05, 4.69) is 10.3 Å². The number of aliphatic hydroxyl groups is 1. The fourth-order valence-electron chi connectivity index (χ4n) is 4.82. The Balaban J connectivity index is 1.39. The molecule has 4 N–H and O–H groups in total. The third kappa shape index (κ3) is 5.50. The SMILES string of the molecule is CC(O)(N1CCOCC1CNC(=O)c1ccc(C(=N)NC(=O)C(F)(F)F)cn1)C1(c2ccccc2)CC1. The minimum Gasteiger partial charge on any atom is -0.378 e. The molecule has 1 saturated heterocycles. The Hall–Kier alpha value is -3.35. The molecule has 0 bridgehead atoms. The van der Waals surface area contributed by atoms with Crippen LogP contribution in [0.3, 0.4) is 0 Å². The van der Waals surface area contributed by atoms with E-state index in [1.54, 1.807) is 6.92 Å². The standard InChI is InChI=1S/C25H28F3N5O4/c1-23(36,24(9-10-24)17-5-3-2-4-6-17)33-11-12-37-15-18(33)14-31-21(34)19-8-7-16(13-30-19)20(29)32-22(35)25(26,27)28/h2-8,13,18,36H,9-12,14-15H2,1H3,(H,31,34)(H2,29,32,35).